The zero-order chi connectivity index (χ0) is 5.28. The van der Waals surface area contributed by atoms with Gasteiger partial charge in [0.15, 0.2) is 0 Å². The van der Waals surface area contributed by atoms with Gasteiger partial charge in [-0.05, 0) is 35.0 Å². The molecule has 0 bridgehead atoms. The second-order valence-corrected chi connectivity index (χ2v) is 4.02. The van der Waals surface area contributed by atoms with Gasteiger partial charge in [0.1, 0.15) is 0 Å². The third-order valence-corrected chi connectivity index (χ3v) is 2.25. The minimum atomic E-state index is 0. The summed E-state index contributed by atoms with van der Waals surface area (Å²) in [6, 6.07) is 4.15. The van der Waals surface area contributed by atoms with Crippen molar-refractivity contribution in [3.05, 3.63) is 20.8 Å². The number of halogens is 1. The fourth-order valence-electron chi connectivity index (χ4n) is 0.405. The summed E-state index contributed by atoms with van der Waals surface area (Å²) in [5.74, 6) is 0. The zero-order valence-corrected chi connectivity index (χ0v) is 6.34. The molecule has 0 saturated heterocycles. The Hall–Kier alpha value is 0.180. The summed E-state index contributed by atoms with van der Waals surface area (Å²) in [5, 5.41) is 0. The predicted octanol–water partition coefficient (Wildman–Crippen LogP) is 3.46. The molecule has 1 rings (SSSR count). The Morgan fingerprint density at radius 1 is 1.50 bits per heavy atom. The first kappa shape index (κ1) is 8.18. The van der Waals surface area contributed by atoms with Crippen LogP contribution in [0.15, 0.2) is 15.9 Å². The van der Waals surface area contributed by atoms with Crippen molar-refractivity contribution in [3.8, 4) is 0 Å². The van der Waals surface area contributed by atoms with E-state index in [0.29, 0.717) is 0 Å². The third kappa shape index (κ3) is 1.97. The quantitative estimate of drug-likeness (QED) is 0.591. The lowest BCUT2D eigenvalue weighted by Crippen LogP contribution is -1.43. The van der Waals surface area contributed by atoms with E-state index >= 15 is 0 Å². The Bertz CT molecular complexity index is 141. The van der Waals surface area contributed by atoms with E-state index in [2.05, 4.69) is 35.0 Å². The van der Waals surface area contributed by atoms with Crippen molar-refractivity contribution in [1.82, 2.24) is 0 Å². The number of hydrogen-bond acceptors (Lipinski definition) is 1. The molecule has 0 spiro atoms. The Morgan fingerprint density at radius 3 is 2.25 bits per heavy atom. The Morgan fingerprint density at radius 2 is 2.12 bits per heavy atom. The van der Waals surface area contributed by atoms with Crippen molar-refractivity contribution in [2.24, 2.45) is 0 Å². The van der Waals surface area contributed by atoms with Gasteiger partial charge in [0.05, 0.1) is 3.79 Å². The summed E-state index contributed by atoms with van der Waals surface area (Å²) in [6.45, 7) is 2.09. The van der Waals surface area contributed by atoms with E-state index in [1.807, 2.05) is 0 Å². The standard InChI is InChI=1S/C5H5BrS.CH4/c1-4-2-3-5(6)7-4;/h2-3H,1H3;1H4. The lowest BCUT2D eigenvalue weighted by atomic mass is 10.5. The van der Waals surface area contributed by atoms with Crippen LogP contribution in [-0.4, -0.2) is 0 Å². The molecule has 0 aromatic carbocycles. The van der Waals surface area contributed by atoms with Crippen molar-refractivity contribution in [1.29, 1.82) is 0 Å². The van der Waals surface area contributed by atoms with Gasteiger partial charge in [-0.25, -0.2) is 0 Å². The van der Waals surface area contributed by atoms with Crippen LogP contribution in [0, 0.1) is 6.92 Å². The fourth-order valence-corrected chi connectivity index (χ4v) is 1.88. The van der Waals surface area contributed by atoms with Gasteiger partial charge in [0.2, 0.25) is 0 Å². The molecule has 0 aliphatic carbocycles. The molecule has 46 valence electrons. The highest BCUT2D eigenvalue weighted by Gasteiger charge is 1.86. The van der Waals surface area contributed by atoms with Gasteiger partial charge < -0.3 is 0 Å². The van der Waals surface area contributed by atoms with Gasteiger partial charge in [-0.2, -0.15) is 0 Å². The Balaban J connectivity index is 0.000000490. The lowest BCUT2D eigenvalue weighted by molar-refractivity contribution is 1.64. The van der Waals surface area contributed by atoms with Gasteiger partial charge >= 0.3 is 0 Å². The maximum atomic E-state index is 3.35. The van der Waals surface area contributed by atoms with Crippen molar-refractivity contribution in [2.45, 2.75) is 14.4 Å². The topological polar surface area (TPSA) is 0 Å². The summed E-state index contributed by atoms with van der Waals surface area (Å²) in [6.07, 6.45) is 0. The highest BCUT2D eigenvalue weighted by atomic mass is 79.9. The van der Waals surface area contributed by atoms with Crippen molar-refractivity contribution >= 4 is 27.3 Å². The first-order valence-corrected chi connectivity index (χ1v) is 3.62. The SMILES string of the molecule is C.Cc1ccc(Br)s1. The average Bonchev–Trinajstić information content (AvgIpc) is 1.87. The fraction of sp³-hybridized carbons (Fsp3) is 0.333. The molecule has 2 heteroatoms. The molecular weight excluding hydrogens is 184 g/mol. The molecule has 1 heterocycles. The molecule has 0 fully saturated rings. The van der Waals surface area contributed by atoms with Gasteiger partial charge in [-0.1, -0.05) is 7.43 Å². The predicted molar refractivity (Wildman–Crippen MR) is 43.5 cm³/mol. The molecule has 1 aromatic rings. The number of hydrogen-bond donors (Lipinski definition) is 0. The zero-order valence-electron chi connectivity index (χ0n) is 3.94. The van der Waals surface area contributed by atoms with Gasteiger partial charge in [0.25, 0.3) is 0 Å². The van der Waals surface area contributed by atoms with Crippen LogP contribution in [0.4, 0.5) is 0 Å². The van der Waals surface area contributed by atoms with E-state index in [9.17, 15) is 0 Å². The molecule has 0 aliphatic heterocycles. The monoisotopic (exact) mass is 192 g/mol. The first-order valence-electron chi connectivity index (χ1n) is 2.01. The molecule has 0 saturated carbocycles. The van der Waals surface area contributed by atoms with Gasteiger partial charge in [0, 0.05) is 4.88 Å². The van der Waals surface area contributed by atoms with Crippen LogP contribution < -0.4 is 0 Å². The molecule has 0 aliphatic rings. The first-order chi connectivity index (χ1) is 3.29. The summed E-state index contributed by atoms with van der Waals surface area (Å²) >= 11 is 5.11. The highest BCUT2D eigenvalue weighted by Crippen LogP contribution is 2.20. The molecule has 1 aromatic heterocycles. The molecule has 0 nitrogen and oxygen atoms in total. The van der Waals surface area contributed by atoms with Crippen LogP contribution in [0.25, 0.3) is 0 Å². The van der Waals surface area contributed by atoms with Crippen molar-refractivity contribution < 1.29 is 0 Å². The molecular formula is C6H9BrS. The molecule has 0 atom stereocenters. The summed E-state index contributed by atoms with van der Waals surface area (Å²) in [4.78, 5) is 1.35. The Labute approximate surface area is 62.7 Å². The van der Waals surface area contributed by atoms with E-state index < -0.39 is 0 Å². The van der Waals surface area contributed by atoms with Gasteiger partial charge in [-0.3, -0.25) is 0 Å². The smallest absolute Gasteiger partial charge is 0.0701 e. The molecule has 0 N–H and O–H groups in total. The summed E-state index contributed by atoms with van der Waals surface area (Å²) in [7, 11) is 0. The van der Waals surface area contributed by atoms with Crippen molar-refractivity contribution in [3.63, 3.8) is 0 Å². The van der Waals surface area contributed by atoms with Gasteiger partial charge in [-0.15, -0.1) is 11.3 Å². The number of rotatable bonds is 0. The summed E-state index contributed by atoms with van der Waals surface area (Å²) in [5.41, 5.74) is 0. The second-order valence-electron chi connectivity index (χ2n) is 1.35. The normalized spacial score (nSPS) is 8.25. The second kappa shape index (κ2) is 3.25. The number of aryl methyl sites for hydroxylation is 1. The van der Waals surface area contributed by atoms with Crippen LogP contribution in [0.3, 0.4) is 0 Å². The van der Waals surface area contributed by atoms with E-state index in [4.69, 9.17) is 0 Å². The molecule has 8 heavy (non-hydrogen) atoms. The van der Waals surface area contributed by atoms with E-state index in [0.717, 1.165) is 0 Å². The van der Waals surface area contributed by atoms with E-state index in [-0.39, 0.29) is 7.43 Å². The number of thiophene rings is 1. The van der Waals surface area contributed by atoms with Crippen LogP contribution >= 0.6 is 27.3 Å². The maximum absolute atomic E-state index is 3.35. The van der Waals surface area contributed by atoms with E-state index in [1.54, 1.807) is 11.3 Å². The van der Waals surface area contributed by atoms with Crippen LogP contribution in [0.2, 0.25) is 0 Å². The minimum absolute atomic E-state index is 0. The largest absolute Gasteiger partial charge is 0.134 e. The molecule has 0 unspecified atom stereocenters. The van der Waals surface area contributed by atoms with Crippen LogP contribution in [-0.2, 0) is 0 Å². The maximum Gasteiger partial charge on any atom is 0.0701 e. The lowest BCUT2D eigenvalue weighted by Gasteiger charge is -1.69. The Kier molecular flexibility index (Phi) is 3.33. The van der Waals surface area contributed by atoms with Crippen molar-refractivity contribution in [2.75, 3.05) is 0 Å². The molecule has 0 radical (unpaired) electrons. The third-order valence-electron chi connectivity index (χ3n) is 0.708. The summed E-state index contributed by atoms with van der Waals surface area (Å²) < 4.78 is 1.21. The van der Waals surface area contributed by atoms with Crippen LogP contribution in [0.5, 0.6) is 0 Å². The van der Waals surface area contributed by atoms with Crippen LogP contribution in [0.1, 0.15) is 12.3 Å². The minimum Gasteiger partial charge on any atom is -0.134 e. The highest BCUT2D eigenvalue weighted by molar-refractivity contribution is 9.11. The molecule has 0 amide bonds. The average molecular weight is 193 g/mol. The van der Waals surface area contributed by atoms with E-state index in [1.165, 1.54) is 8.66 Å².